The molecule has 2 heterocycles. The van der Waals surface area contributed by atoms with Crippen LogP contribution >= 0.6 is 0 Å². The van der Waals surface area contributed by atoms with Crippen molar-refractivity contribution in [1.82, 2.24) is 25.2 Å². The summed E-state index contributed by atoms with van der Waals surface area (Å²) in [5.74, 6) is 0.327. The maximum atomic E-state index is 14.0. The third-order valence-electron chi connectivity index (χ3n) is 9.06. The number of carbonyl (C=O) groups is 2. The van der Waals surface area contributed by atoms with Gasteiger partial charge in [-0.1, -0.05) is 19.6 Å². The first-order valence-corrected chi connectivity index (χ1v) is 21.2. The second-order valence-corrected chi connectivity index (χ2v) is 21.4. The Kier molecular flexibility index (Phi) is 11.2. The SMILES string of the molecule is Cc1c(C(=O)NC2CCC(NC(=O)OC(C)(C)C)CC2)c2ncnc(-c3cc(C(F)(F)F)ccc3OCC3CC3)c2n1COCC[Si](C)(C)C. The summed E-state index contributed by atoms with van der Waals surface area (Å²) in [7, 11) is -1.41. The summed E-state index contributed by atoms with van der Waals surface area (Å²) < 4.78 is 61.4. The van der Waals surface area contributed by atoms with Gasteiger partial charge in [-0.3, -0.25) is 4.79 Å². The van der Waals surface area contributed by atoms with E-state index < -0.39 is 31.5 Å². The van der Waals surface area contributed by atoms with Crippen LogP contribution in [0.5, 0.6) is 5.75 Å². The quantitative estimate of drug-likeness (QED) is 0.144. The molecule has 2 N–H and O–H groups in total. The van der Waals surface area contributed by atoms with Gasteiger partial charge in [0.15, 0.2) is 0 Å². The molecule has 50 heavy (non-hydrogen) atoms. The number of rotatable bonds is 12. The fourth-order valence-electron chi connectivity index (χ4n) is 6.08. The van der Waals surface area contributed by atoms with E-state index in [1.807, 2.05) is 20.8 Å². The molecule has 2 aliphatic carbocycles. The lowest BCUT2D eigenvalue weighted by Gasteiger charge is -2.30. The Labute approximate surface area is 292 Å². The van der Waals surface area contributed by atoms with E-state index >= 15 is 0 Å². The van der Waals surface area contributed by atoms with Gasteiger partial charge in [0.1, 0.15) is 35.6 Å². The number of alkyl halides is 3. The minimum absolute atomic E-state index is 0.0611. The Bertz CT molecular complexity index is 1690. The van der Waals surface area contributed by atoms with Crippen molar-refractivity contribution in [3.63, 3.8) is 0 Å². The number of alkyl carbamates (subject to hydrolysis) is 1. The molecule has 2 amide bonds. The maximum Gasteiger partial charge on any atom is 0.416 e. The number of hydrogen-bond acceptors (Lipinski definition) is 7. The molecule has 0 bridgehead atoms. The number of ether oxygens (including phenoxy) is 3. The van der Waals surface area contributed by atoms with Crippen LogP contribution < -0.4 is 15.4 Å². The van der Waals surface area contributed by atoms with Crippen LogP contribution in [0.25, 0.3) is 22.3 Å². The number of nitrogens with zero attached hydrogens (tertiary/aromatic N) is 3. The molecule has 1 aromatic carbocycles. The van der Waals surface area contributed by atoms with Gasteiger partial charge in [-0.15, -0.1) is 0 Å². The van der Waals surface area contributed by atoms with Crippen molar-refractivity contribution in [3.05, 3.63) is 41.3 Å². The number of hydrogen-bond donors (Lipinski definition) is 2. The average Bonchev–Trinajstić information content (AvgIpc) is 3.79. The minimum atomic E-state index is -4.58. The molecule has 0 atom stereocenters. The van der Waals surface area contributed by atoms with Gasteiger partial charge in [0.25, 0.3) is 5.91 Å². The predicted molar refractivity (Wildman–Crippen MR) is 188 cm³/mol. The summed E-state index contributed by atoms with van der Waals surface area (Å²) in [6.45, 7) is 14.9. The fourth-order valence-corrected chi connectivity index (χ4v) is 6.84. The number of halogens is 3. The summed E-state index contributed by atoms with van der Waals surface area (Å²) in [6.07, 6.45) is 0.908. The highest BCUT2D eigenvalue weighted by atomic mass is 28.3. The number of amides is 2. The summed E-state index contributed by atoms with van der Waals surface area (Å²) in [4.78, 5) is 35.4. The first kappa shape index (κ1) is 37.6. The Hall–Kier alpha value is -3.65. The smallest absolute Gasteiger partial charge is 0.416 e. The zero-order chi connectivity index (χ0) is 36.4. The highest BCUT2D eigenvalue weighted by molar-refractivity contribution is 6.76. The van der Waals surface area contributed by atoms with Gasteiger partial charge in [-0.2, -0.15) is 13.2 Å². The van der Waals surface area contributed by atoms with Gasteiger partial charge in [-0.05, 0) is 96.4 Å². The van der Waals surface area contributed by atoms with Crippen molar-refractivity contribution < 1.29 is 37.0 Å². The number of nitrogens with one attached hydrogen (secondary N) is 2. The Morgan fingerprint density at radius 3 is 2.24 bits per heavy atom. The van der Waals surface area contributed by atoms with Crippen LogP contribution in [0.15, 0.2) is 24.5 Å². The van der Waals surface area contributed by atoms with Crippen molar-refractivity contribution in [2.45, 2.75) is 122 Å². The molecule has 10 nitrogen and oxygen atoms in total. The molecular weight excluding hydrogens is 668 g/mol. The number of carbonyl (C=O) groups excluding carboxylic acids is 2. The maximum absolute atomic E-state index is 14.0. The molecule has 0 unspecified atom stereocenters. The predicted octanol–water partition coefficient (Wildman–Crippen LogP) is 8.09. The lowest BCUT2D eigenvalue weighted by atomic mass is 9.91. The number of benzene rings is 1. The standard InChI is InChI=1S/C36H50F3N5O5Si/c1-22-29(33(45)42-25-11-13-26(14-12-25)43-34(46)49-35(2,3)4)31-32(44(22)21-47-16-17-50(5,6)7)30(40-20-41-31)27-18-24(36(37,38)39)10-15-28(27)48-19-23-8-9-23/h10,15,18,20,23,25-26H,8-9,11-14,16-17,19,21H2,1-7H3,(H,42,45)(H,43,46). The molecule has 2 saturated carbocycles. The van der Waals surface area contributed by atoms with Crippen LogP contribution in [0.1, 0.15) is 80.9 Å². The molecule has 0 saturated heterocycles. The van der Waals surface area contributed by atoms with Crippen molar-refractivity contribution in [2.24, 2.45) is 5.92 Å². The van der Waals surface area contributed by atoms with E-state index in [4.69, 9.17) is 14.2 Å². The molecule has 274 valence electrons. The molecule has 2 aliphatic rings. The first-order chi connectivity index (χ1) is 23.4. The third kappa shape index (κ3) is 9.77. The van der Waals surface area contributed by atoms with Gasteiger partial charge in [-0.25, -0.2) is 14.8 Å². The van der Waals surface area contributed by atoms with Crippen molar-refractivity contribution in [3.8, 4) is 17.0 Å². The third-order valence-corrected chi connectivity index (χ3v) is 10.8. The summed E-state index contributed by atoms with van der Waals surface area (Å²) in [5.41, 5.74) is 0.607. The molecule has 0 spiro atoms. The monoisotopic (exact) mass is 717 g/mol. The minimum Gasteiger partial charge on any atom is -0.493 e. The Morgan fingerprint density at radius 2 is 1.64 bits per heavy atom. The molecule has 2 fully saturated rings. The summed E-state index contributed by atoms with van der Waals surface area (Å²) in [6, 6.07) is 4.14. The van der Waals surface area contributed by atoms with Gasteiger partial charge in [0.05, 0.1) is 23.3 Å². The highest BCUT2D eigenvalue weighted by Gasteiger charge is 2.34. The normalized spacial score (nSPS) is 18.6. The molecule has 5 rings (SSSR count). The van der Waals surface area contributed by atoms with E-state index in [9.17, 15) is 22.8 Å². The zero-order valence-corrected chi connectivity index (χ0v) is 31.1. The van der Waals surface area contributed by atoms with E-state index in [2.05, 4.69) is 40.2 Å². The lowest BCUT2D eigenvalue weighted by Crippen LogP contribution is -2.45. The van der Waals surface area contributed by atoms with Gasteiger partial charge >= 0.3 is 12.3 Å². The lowest BCUT2D eigenvalue weighted by molar-refractivity contribution is -0.137. The van der Waals surface area contributed by atoms with Crippen LogP contribution in [0.4, 0.5) is 18.0 Å². The van der Waals surface area contributed by atoms with Crippen LogP contribution in [-0.2, 0) is 22.4 Å². The molecule has 14 heteroatoms. The molecule has 0 radical (unpaired) electrons. The van der Waals surface area contributed by atoms with Crippen molar-refractivity contribution in [2.75, 3.05) is 13.2 Å². The zero-order valence-electron chi connectivity index (χ0n) is 30.1. The van der Waals surface area contributed by atoms with Gasteiger partial charge in [0.2, 0.25) is 0 Å². The van der Waals surface area contributed by atoms with Gasteiger partial charge < -0.3 is 29.4 Å². The number of aromatic nitrogens is 3. The van der Waals surface area contributed by atoms with Crippen molar-refractivity contribution >= 4 is 31.1 Å². The largest absolute Gasteiger partial charge is 0.493 e. The van der Waals surface area contributed by atoms with E-state index in [1.165, 1.54) is 12.4 Å². The van der Waals surface area contributed by atoms with Crippen LogP contribution in [0.2, 0.25) is 25.7 Å². The molecular formula is C36H50F3N5O5Si. The van der Waals surface area contributed by atoms with Crippen LogP contribution in [0.3, 0.4) is 0 Å². The van der Waals surface area contributed by atoms with E-state index in [1.54, 1.807) is 11.5 Å². The second-order valence-electron chi connectivity index (χ2n) is 15.8. The van der Waals surface area contributed by atoms with Crippen LogP contribution in [-0.4, -0.2) is 65.5 Å². The van der Waals surface area contributed by atoms with Crippen molar-refractivity contribution in [1.29, 1.82) is 0 Å². The topological polar surface area (TPSA) is 117 Å². The first-order valence-electron chi connectivity index (χ1n) is 17.5. The van der Waals surface area contributed by atoms with E-state index in [0.717, 1.165) is 31.0 Å². The summed E-state index contributed by atoms with van der Waals surface area (Å²) >= 11 is 0. The fraction of sp³-hybridized carbons (Fsp3) is 0.611. The molecule has 3 aromatic rings. The molecule has 2 aromatic heterocycles. The second kappa shape index (κ2) is 14.9. The molecule has 0 aliphatic heterocycles. The van der Waals surface area contributed by atoms with Crippen LogP contribution in [0, 0.1) is 12.8 Å². The Balaban J connectivity index is 1.46. The van der Waals surface area contributed by atoms with Gasteiger partial charge in [0, 0.05) is 38.0 Å². The summed E-state index contributed by atoms with van der Waals surface area (Å²) in [5, 5.41) is 6.08. The van der Waals surface area contributed by atoms with E-state index in [0.29, 0.717) is 67.1 Å². The number of fused-ring (bicyclic) bond motifs is 1. The van der Waals surface area contributed by atoms with E-state index in [-0.39, 0.29) is 41.7 Å². The Morgan fingerprint density at radius 1 is 0.980 bits per heavy atom. The highest BCUT2D eigenvalue weighted by Crippen LogP contribution is 2.41. The average molecular weight is 718 g/mol.